The van der Waals surface area contributed by atoms with Gasteiger partial charge in [-0.3, -0.25) is 0 Å². The van der Waals surface area contributed by atoms with Crippen molar-refractivity contribution in [3.63, 3.8) is 0 Å². The zero-order valence-corrected chi connectivity index (χ0v) is 12.4. The lowest BCUT2D eigenvalue weighted by atomic mass is 10.1. The summed E-state index contributed by atoms with van der Waals surface area (Å²) in [6.07, 6.45) is 4.68. The van der Waals surface area contributed by atoms with Gasteiger partial charge in [-0.2, -0.15) is 0 Å². The van der Waals surface area contributed by atoms with Crippen molar-refractivity contribution in [1.29, 1.82) is 0 Å². The molecule has 110 valence electrons. The second-order valence-electron chi connectivity index (χ2n) is 5.21. The highest BCUT2D eigenvalue weighted by molar-refractivity contribution is 5.86. The molecule has 5 heteroatoms. The smallest absolute Gasteiger partial charge is 0.161 e. The van der Waals surface area contributed by atoms with Gasteiger partial charge in [0.15, 0.2) is 5.82 Å². The Kier molecular flexibility index (Phi) is 3.92. The van der Waals surface area contributed by atoms with Crippen molar-refractivity contribution in [1.82, 2.24) is 15.0 Å². The molecule has 3 rings (SSSR count). The SMILES string of the molecule is COc1ccc2[nH]c(C)c(CC[NH2+]Cc3ncc[nH]3)c2c1. The lowest BCUT2D eigenvalue weighted by Gasteiger charge is -2.03. The number of hydrogen-bond acceptors (Lipinski definition) is 2. The Morgan fingerprint density at radius 1 is 1.33 bits per heavy atom. The van der Waals surface area contributed by atoms with Crippen molar-refractivity contribution in [2.75, 3.05) is 13.7 Å². The molecule has 0 aliphatic rings. The molecule has 0 spiro atoms. The number of quaternary nitrogens is 1. The van der Waals surface area contributed by atoms with Crippen molar-refractivity contribution in [2.24, 2.45) is 0 Å². The third-order valence-electron chi connectivity index (χ3n) is 3.82. The Bertz CT molecular complexity index is 715. The Hall–Kier alpha value is -2.27. The molecule has 5 nitrogen and oxygen atoms in total. The highest BCUT2D eigenvalue weighted by atomic mass is 16.5. The Balaban J connectivity index is 1.69. The molecule has 0 aliphatic heterocycles. The topological polar surface area (TPSA) is 70.3 Å². The third-order valence-corrected chi connectivity index (χ3v) is 3.82. The maximum absolute atomic E-state index is 5.33. The number of aromatic nitrogens is 3. The lowest BCUT2D eigenvalue weighted by Crippen LogP contribution is -2.83. The maximum Gasteiger partial charge on any atom is 0.161 e. The van der Waals surface area contributed by atoms with Crippen LogP contribution in [0.2, 0.25) is 0 Å². The van der Waals surface area contributed by atoms with Crippen LogP contribution in [0.3, 0.4) is 0 Å². The van der Waals surface area contributed by atoms with Gasteiger partial charge in [-0.15, -0.1) is 0 Å². The van der Waals surface area contributed by atoms with Gasteiger partial charge < -0.3 is 20.0 Å². The van der Waals surface area contributed by atoms with E-state index in [-0.39, 0.29) is 0 Å². The van der Waals surface area contributed by atoms with Crippen molar-refractivity contribution in [3.05, 3.63) is 47.7 Å². The first-order valence-corrected chi connectivity index (χ1v) is 7.23. The van der Waals surface area contributed by atoms with Gasteiger partial charge in [-0.25, -0.2) is 4.98 Å². The molecule has 3 aromatic rings. The van der Waals surface area contributed by atoms with Crippen LogP contribution in [0.4, 0.5) is 0 Å². The molecular weight excluding hydrogens is 264 g/mol. The van der Waals surface area contributed by atoms with Crippen LogP contribution in [-0.4, -0.2) is 28.6 Å². The van der Waals surface area contributed by atoms with E-state index in [4.69, 9.17) is 4.74 Å². The van der Waals surface area contributed by atoms with Gasteiger partial charge in [-0.05, 0) is 30.7 Å². The molecule has 0 unspecified atom stereocenters. The second kappa shape index (κ2) is 6.01. The fourth-order valence-electron chi connectivity index (χ4n) is 2.71. The normalized spacial score (nSPS) is 11.1. The van der Waals surface area contributed by atoms with Crippen molar-refractivity contribution in [2.45, 2.75) is 19.9 Å². The number of imidazole rings is 1. The fourth-order valence-corrected chi connectivity index (χ4v) is 2.71. The number of ether oxygens (including phenoxy) is 1. The predicted octanol–water partition coefficient (Wildman–Crippen LogP) is 1.51. The number of H-pyrrole nitrogens is 2. The van der Waals surface area contributed by atoms with Crippen LogP contribution in [0, 0.1) is 6.92 Å². The molecule has 0 amide bonds. The number of fused-ring (bicyclic) bond motifs is 1. The van der Waals surface area contributed by atoms with Crippen LogP contribution in [0.15, 0.2) is 30.6 Å². The molecule has 0 fully saturated rings. The van der Waals surface area contributed by atoms with Gasteiger partial charge in [0.2, 0.25) is 0 Å². The van der Waals surface area contributed by atoms with Gasteiger partial charge in [0.25, 0.3) is 0 Å². The first-order valence-electron chi connectivity index (χ1n) is 7.23. The Labute approximate surface area is 123 Å². The summed E-state index contributed by atoms with van der Waals surface area (Å²) in [7, 11) is 1.71. The molecule has 0 aliphatic carbocycles. The molecule has 2 heterocycles. The molecule has 0 bridgehead atoms. The van der Waals surface area contributed by atoms with E-state index in [1.54, 1.807) is 13.3 Å². The number of hydrogen-bond donors (Lipinski definition) is 3. The number of methoxy groups -OCH3 is 1. The molecular formula is C16H21N4O+. The lowest BCUT2D eigenvalue weighted by molar-refractivity contribution is -0.671. The molecule has 0 atom stereocenters. The first-order chi connectivity index (χ1) is 10.3. The molecule has 0 radical (unpaired) electrons. The minimum atomic E-state index is 0.887. The van der Waals surface area contributed by atoms with Crippen LogP contribution in [0.5, 0.6) is 5.75 Å². The summed E-state index contributed by atoms with van der Waals surface area (Å²) in [4.78, 5) is 10.8. The zero-order chi connectivity index (χ0) is 14.7. The fraction of sp³-hybridized carbons (Fsp3) is 0.312. The minimum Gasteiger partial charge on any atom is -0.497 e. The number of nitrogens with one attached hydrogen (secondary N) is 2. The quantitative estimate of drug-likeness (QED) is 0.601. The van der Waals surface area contributed by atoms with Crippen LogP contribution < -0.4 is 10.1 Å². The van der Waals surface area contributed by atoms with Gasteiger partial charge in [0.05, 0.1) is 13.7 Å². The van der Waals surface area contributed by atoms with Gasteiger partial charge >= 0.3 is 0 Å². The number of aromatic amines is 2. The molecule has 21 heavy (non-hydrogen) atoms. The zero-order valence-electron chi connectivity index (χ0n) is 12.4. The molecule has 0 saturated carbocycles. The van der Waals surface area contributed by atoms with Crippen LogP contribution in [0.1, 0.15) is 17.1 Å². The maximum atomic E-state index is 5.33. The molecule has 2 aromatic heterocycles. The van der Waals surface area contributed by atoms with Crippen molar-refractivity contribution in [3.8, 4) is 5.75 Å². The predicted molar refractivity (Wildman–Crippen MR) is 82.4 cm³/mol. The average Bonchev–Trinajstić information content (AvgIpc) is 3.11. The Morgan fingerprint density at radius 2 is 2.24 bits per heavy atom. The summed E-state index contributed by atoms with van der Waals surface area (Å²) in [5.74, 6) is 1.93. The second-order valence-corrected chi connectivity index (χ2v) is 5.21. The van der Waals surface area contributed by atoms with Gasteiger partial charge in [0, 0.05) is 35.4 Å². The molecule has 4 N–H and O–H groups in total. The van der Waals surface area contributed by atoms with Crippen molar-refractivity contribution >= 4 is 10.9 Å². The number of benzene rings is 1. The van der Waals surface area contributed by atoms with Crippen molar-refractivity contribution < 1.29 is 10.1 Å². The summed E-state index contributed by atoms with van der Waals surface area (Å²) in [6, 6.07) is 6.18. The standard InChI is InChI=1S/C16H20N4O/c1-11-13(5-6-17-10-16-18-7-8-19-16)14-9-12(21-2)3-4-15(14)20-11/h3-4,7-9,17,20H,5-6,10H2,1-2H3,(H,18,19)/p+1. The minimum absolute atomic E-state index is 0.887. The van der Waals surface area contributed by atoms with Crippen LogP contribution >= 0.6 is 0 Å². The monoisotopic (exact) mass is 285 g/mol. The number of rotatable bonds is 6. The Morgan fingerprint density at radius 3 is 3.00 bits per heavy atom. The van der Waals surface area contributed by atoms with E-state index in [1.807, 2.05) is 12.3 Å². The highest BCUT2D eigenvalue weighted by Gasteiger charge is 2.10. The molecule has 0 saturated heterocycles. The van der Waals surface area contributed by atoms with Gasteiger partial charge in [0.1, 0.15) is 12.3 Å². The number of aryl methyl sites for hydroxylation is 1. The van der Waals surface area contributed by atoms with E-state index in [2.05, 4.69) is 39.3 Å². The summed E-state index contributed by atoms with van der Waals surface area (Å²) in [6.45, 7) is 4.05. The number of nitrogens with zero attached hydrogens (tertiary/aromatic N) is 1. The van der Waals surface area contributed by atoms with Gasteiger partial charge in [-0.1, -0.05) is 0 Å². The summed E-state index contributed by atoms with van der Waals surface area (Å²) >= 11 is 0. The first kappa shape index (κ1) is 13.7. The van der Waals surface area contributed by atoms with E-state index in [0.29, 0.717) is 0 Å². The summed E-state index contributed by atoms with van der Waals surface area (Å²) in [5.41, 5.74) is 3.79. The highest BCUT2D eigenvalue weighted by Crippen LogP contribution is 2.26. The van der Waals surface area contributed by atoms with Crippen LogP contribution in [0.25, 0.3) is 10.9 Å². The summed E-state index contributed by atoms with van der Waals surface area (Å²) < 4.78 is 5.33. The third kappa shape index (κ3) is 2.92. The van der Waals surface area contributed by atoms with E-state index < -0.39 is 0 Å². The summed E-state index contributed by atoms with van der Waals surface area (Å²) in [5, 5.41) is 3.54. The van der Waals surface area contributed by atoms with E-state index in [9.17, 15) is 0 Å². The molecule has 1 aromatic carbocycles. The average molecular weight is 285 g/mol. The van der Waals surface area contributed by atoms with Crippen LogP contribution in [-0.2, 0) is 13.0 Å². The van der Waals surface area contributed by atoms with E-state index >= 15 is 0 Å². The van der Waals surface area contributed by atoms with E-state index in [1.165, 1.54) is 22.2 Å². The van der Waals surface area contributed by atoms with E-state index in [0.717, 1.165) is 31.1 Å². The number of nitrogens with two attached hydrogens (primary N) is 1. The largest absolute Gasteiger partial charge is 0.497 e.